The lowest BCUT2D eigenvalue weighted by atomic mass is 10.00. The number of nitrogens with two attached hydrogens (primary N) is 1. The Balaban J connectivity index is 3.58. The van der Waals surface area contributed by atoms with Crippen molar-refractivity contribution in [1.82, 2.24) is 0 Å². The summed E-state index contributed by atoms with van der Waals surface area (Å²) in [6.45, 7) is 3.43. The van der Waals surface area contributed by atoms with Gasteiger partial charge in [-0.2, -0.15) is 0 Å². The predicted molar refractivity (Wildman–Crippen MR) is 36.0 cm³/mol. The average Bonchev–Trinajstić information content (AvgIpc) is 1.63. The fraction of sp³-hybridized carbons (Fsp3) is 1.00. The van der Waals surface area contributed by atoms with Crippen LogP contribution in [0, 0.1) is 0 Å². The van der Waals surface area contributed by atoms with E-state index in [-0.39, 0.29) is 6.54 Å². The Bertz CT molecular complexity index is 81.1. The molecule has 2 unspecified atom stereocenters. The first kappa shape index (κ1) is 8.88. The van der Waals surface area contributed by atoms with Crippen molar-refractivity contribution >= 4 is 0 Å². The number of rotatable bonds is 3. The Hall–Kier alpha value is -0.120. The van der Waals surface area contributed by atoms with Gasteiger partial charge in [0.2, 0.25) is 0 Å². The summed E-state index contributed by atoms with van der Waals surface area (Å²) in [5.74, 6) is 0. The molecule has 0 fully saturated rings. The van der Waals surface area contributed by atoms with Crippen LogP contribution in [0.3, 0.4) is 0 Å². The van der Waals surface area contributed by atoms with Gasteiger partial charge in [0.25, 0.3) is 0 Å². The zero-order valence-corrected chi connectivity index (χ0v) is 5.96. The molecule has 3 heteroatoms. The van der Waals surface area contributed by atoms with Gasteiger partial charge in [-0.15, -0.1) is 0 Å². The number of hydrogen-bond donors (Lipinski definition) is 3. The third kappa shape index (κ3) is 4.39. The zero-order valence-electron chi connectivity index (χ0n) is 5.96. The summed E-state index contributed by atoms with van der Waals surface area (Å²) in [7, 11) is 0. The third-order valence-electron chi connectivity index (χ3n) is 1.17. The van der Waals surface area contributed by atoms with Crippen LogP contribution in [-0.2, 0) is 0 Å². The molecule has 0 aliphatic heterocycles. The Kier molecular flexibility index (Phi) is 3.11. The normalized spacial score (nSPS) is 21.0. The molecule has 0 aliphatic carbocycles. The number of hydrogen-bond acceptors (Lipinski definition) is 3. The summed E-state index contributed by atoms with van der Waals surface area (Å²) in [4.78, 5) is 0. The van der Waals surface area contributed by atoms with Crippen LogP contribution in [0.15, 0.2) is 0 Å². The molecule has 9 heavy (non-hydrogen) atoms. The van der Waals surface area contributed by atoms with Gasteiger partial charge in [-0.3, -0.25) is 0 Å². The first-order chi connectivity index (χ1) is 3.98. The molecule has 0 radical (unpaired) electrons. The lowest BCUT2D eigenvalue weighted by Gasteiger charge is -2.21. The fourth-order valence-corrected chi connectivity index (χ4v) is 0.720. The summed E-state index contributed by atoms with van der Waals surface area (Å²) < 4.78 is 0. The molecule has 0 saturated carbocycles. The predicted octanol–water partition coefficient (Wildman–Crippen LogP) is -0.533. The van der Waals surface area contributed by atoms with Gasteiger partial charge < -0.3 is 15.9 Å². The maximum atomic E-state index is 9.21. The van der Waals surface area contributed by atoms with Gasteiger partial charge in [-0.05, 0) is 13.8 Å². The smallest absolute Gasteiger partial charge is 0.0765 e. The summed E-state index contributed by atoms with van der Waals surface area (Å²) in [6.07, 6.45) is -0.146. The van der Waals surface area contributed by atoms with Gasteiger partial charge in [0, 0.05) is 13.0 Å². The van der Waals surface area contributed by atoms with Crippen LogP contribution in [0.2, 0.25) is 0 Å². The molecule has 56 valence electrons. The standard InChI is InChI=1S/C6H15NO2/c1-5(8)3-6(2,9)4-7/h5,8-9H,3-4,7H2,1-2H3. The molecule has 0 aromatic carbocycles. The van der Waals surface area contributed by atoms with E-state index in [4.69, 9.17) is 10.8 Å². The molecule has 0 saturated heterocycles. The van der Waals surface area contributed by atoms with E-state index >= 15 is 0 Å². The average molecular weight is 133 g/mol. The Labute approximate surface area is 55.5 Å². The van der Waals surface area contributed by atoms with Crippen molar-refractivity contribution in [2.75, 3.05) is 6.54 Å². The van der Waals surface area contributed by atoms with Crippen LogP contribution in [0.4, 0.5) is 0 Å². The summed E-state index contributed by atoms with van der Waals surface area (Å²) in [6, 6.07) is 0. The van der Waals surface area contributed by atoms with Crippen LogP contribution >= 0.6 is 0 Å². The van der Waals surface area contributed by atoms with Crippen LogP contribution in [0.25, 0.3) is 0 Å². The van der Waals surface area contributed by atoms with E-state index < -0.39 is 11.7 Å². The lowest BCUT2D eigenvalue weighted by molar-refractivity contribution is 0.0167. The third-order valence-corrected chi connectivity index (χ3v) is 1.17. The van der Waals surface area contributed by atoms with E-state index in [9.17, 15) is 5.11 Å². The van der Waals surface area contributed by atoms with Crippen LogP contribution in [0.5, 0.6) is 0 Å². The van der Waals surface area contributed by atoms with Gasteiger partial charge in [-0.25, -0.2) is 0 Å². The fourth-order valence-electron chi connectivity index (χ4n) is 0.720. The molecule has 4 N–H and O–H groups in total. The second-order valence-electron chi connectivity index (χ2n) is 2.75. The van der Waals surface area contributed by atoms with E-state index in [2.05, 4.69) is 0 Å². The van der Waals surface area contributed by atoms with Gasteiger partial charge in [0.1, 0.15) is 0 Å². The minimum atomic E-state index is -0.909. The number of aliphatic hydroxyl groups is 2. The van der Waals surface area contributed by atoms with Crippen molar-refractivity contribution in [3.8, 4) is 0 Å². The summed E-state index contributed by atoms with van der Waals surface area (Å²) in [5, 5.41) is 18.0. The molecule has 0 aliphatic rings. The summed E-state index contributed by atoms with van der Waals surface area (Å²) in [5.41, 5.74) is 4.28. The molecule has 2 atom stereocenters. The molecule has 3 nitrogen and oxygen atoms in total. The highest BCUT2D eigenvalue weighted by Crippen LogP contribution is 2.08. The van der Waals surface area contributed by atoms with Gasteiger partial charge >= 0.3 is 0 Å². The topological polar surface area (TPSA) is 66.5 Å². The van der Waals surface area contributed by atoms with Crippen molar-refractivity contribution < 1.29 is 10.2 Å². The quantitative estimate of drug-likeness (QED) is 0.484. The molecule has 0 spiro atoms. The van der Waals surface area contributed by atoms with Crippen LogP contribution in [0.1, 0.15) is 20.3 Å². The summed E-state index contributed by atoms with van der Waals surface area (Å²) >= 11 is 0. The van der Waals surface area contributed by atoms with Crippen molar-refractivity contribution in [2.24, 2.45) is 5.73 Å². The van der Waals surface area contributed by atoms with Crippen LogP contribution < -0.4 is 5.73 Å². The molecule has 0 amide bonds. The lowest BCUT2D eigenvalue weighted by Crippen LogP contribution is -2.37. The van der Waals surface area contributed by atoms with Crippen molar-refractivity contribution in [3.63, 3.8) is 0 Å². The Morgan fingerprint density at radius 2 is 2.11 bits per heavy atom. The molecule has 0 aromatic heterocycles. The van der Waals surface area contributed by atoms with Gasteiger partial charge in [0.05, 0.1) is 11.7 Å². The first-order valence-electron chi connectivity index (χ1n) is 3.08. The largest absolute Gasteiger partial charge is 0.393 e. The van der Waals surface area contributed by atoms with E-state index in [0.29, 0.717) is 6.42 Å². The highest BCUT2D eigenvalue weighted by molar-refractivity contribution is 4.75. The monoisotopic (exact) mass is 133 g/mol. The van der Waals surface area contributed by atoms with Gasteiger partial charge in [0.15, 0.2) is 0 Å². The highest BCUT2D eigenvalue weighted by atomic mass is 16.3. The minimum Gasteiger partial charge on any atom is -0.393 e. The van der Waals surface area contributed by atoms with E-state index in [1.54, 1.807) is 13.8 Å². The SMILES string of the molecule is CC(O)CC(C)(O)CN. The second-order valence-corrected chi connectivity index (χ2v) is 2.75. The Morgan fingerprint density at radius 3 is 2.22 bits per heavy atom. The molecule has 0 heterocycles. The maximum Gasteiger partial charge on any atom is 0.0765 e. The van der Waals surface area contributed by atoms with Crippen molar-refractivity contribution in [1.29, 1.82) is 0 Å². The highest BCUT2D eigenvalue weighted by Gasteiger charge is 2.19. The number of aliphatic hydroxyl groups excluding tert-OH is 1. The van der Waals surface area contributed by atoms with E-state index in [1.807, 2.05) is 0 Å². The molecular formula is C6H15NO2. The molecule has 0 rings (SSSR count). The molecule has 0 bridgehead atoms. The maximum absolute atomic E-state index is 9.21. The van der Waals surface area contributed by atoms with Crippen molar-refractivity contribution in [3.05, 3.63) is 0 Å². The minimum absolute atomic E-state index is 0.192. The van der Waals surface area contributed by atoms with E-state index in [1.165, 1.54) is 0 Å². The van der Waals surface area contributed by atoms with Crippen LogP contribution in [-0.4, -0.2) is 28.5 Å². The first-order valence-corrected chi connectivity index (χ1v) is 3.08. The second kappa shape index (κ2) is 3.15. The molecule has 0 aromatic rings. The molecular weight excluding hydrogens is 118 g/mol. The van der Waals surface area contributed by atoms with E-state index in [0.717, 1.165) is 0 Å². The Morgan fingerprint density at radius 1 is 1.67 bits per heavy atom. The van der Waals surface area contributed by atoms with Crippen molar-refractivity contribution in [2.45, 2.75) is 32.0 Å². The van der Waals surface area contributed by atoms with Gasteiger partial charge in [-0.1, -0.05) is 0 Å². The zero-order chi connectivity index (χ0) is 7.49.